The number of benzene rings is 5. The number of hydrogen-bond acceptors (Lipinski definition) is 4. The highest BCUT2D eigenvalue weighted by atomic mass is 15.0. The molecule has 224 valence electrons. The molecule has 1 atom stereocenters. The number of rotatable bonds is 4. The van der Waals surface area contributed by atoms with Crippen molar-refractivity contribution in [1.82, 2.24) is 9.13 Å². The van der Waals surface area contributed by atoms with Crippen molar-refractivity contribution in [2.24, 2.45) is 0 Å². The van der Waals surface area contributed by atoms with Crippen LogP contribution in [0.5, 0.6) is 0 Å². The minimum absolute atomic E-state index is 0.159. The largest absolute Gasteiger partial charge is 0.313 e. The maximum atomic E-state index is 9.67. The fourth-order valence-corrected chi connectivity index (χ4v) is 7.26. The summed E-state index contributed by atoms with van der Waals surface area (Å²) in [5.74, 6) is 0.159. The average Bonchev–Trinajstić information content (AvgIpc) is 3.64. The van der Waals surface area contributed by atoms with Gasteiger partial charge in [-0.2, -0.15) is 21.0 Å². The van der Waals surface area contributed by atoms with Crippen LogP contribution in [0.25, 0.3) is 50.2 Å². The van der Waals surface area contributed by atoms with Crippen molar-refractivity contribution in [3.8, 4) is 35.7 Å². The lowest BCUT2D eigenvalue weighted by atomic mass is 9.88. The molecule has 0 bridgehead atoms. The summed E-state index contributed by atoms with van der Waals surface area (Å²) in [7, 11) is 0. The molecule has 0 spiro atoms. The van der Waals surface area contributed by atoms with E-state index in [1.165, 1.54) is 16.8 Å². The van der Waals surface area contributed by atoms with Gasteiger partial charge in [-0.1, -0.05) is 31.2 Å². The summed E-state index contributed by atoms with van der Waals surface area (Å²) in [6.07, 6.45) is 3.45. The predicted molar refractivity (Wildman–Crippen MR) is 188 cm³/mol. The number of allylic oxidation sites excluding steroid dienone is 1. The molecule has 1 unspecified atom stereocenters. The monoisotopic (exact) mass is 614 g/mol. The number of hydrogen-bond donors (Lipinski definition) is 0. The third-order valence-electron chi connectivity index (χ3n) is 9.45. The summed E-state index contributed by atoms with van der Waals surface area (Å²) in [5.41, 5.74) is 12.2. The molecule has 6 nitrogen and oxygen atoms in total. The van der Waals surface area contributed by atoms with Crippen molar-refractivity contribution >= 4 is 38.8 Å². The van der Waals surface area contributed by atoms with Crippen LogP contribution < -0.4 is 0 Å². The Balaban J connectivity index is 1.13. The second-order valence-electron chi connectivity index (χ2n) is 12.4. The van der Waals surface area contributed by atoms with E-state index in [0.29, 0.717) is 23.1 Å². The van der Waals surface area contributed by atoms with Gasteiger partial charge in [-0.25, -0.2) is 0 Å². The zero-order valence-electron chi connectivity index (χ0n) is 26.1. The molecule has 0 amide bonds. The Hall–Kier alpha value is -6.86. The molecule has 0 saturated carbocycles. The maximum absolute atomic E-state index is 9.67. The van der Waals surface area contributed by atoms with E-state index >= 15 is 0 Å². The molecule has 6 heteroatoms. The van der Waals surface area contributed by atoms with Crippen LogP contribution in [0.4, 0.5) is 0 Å². The molecule has 0 radical (unpaired) electrons. The van der Waals surface area contributed by atoms with E-state index in [2.05, 4.69) is 88.9 Å². The van der Waals surface area contributed by atoms with Crippen molar-refractivity contribution < 1.29 is 0 Å². The zero-order valence-corrected chi connectivity index (χ0v) is 26.1. The third kappa shape index (κ3) is 4.53. The van der Waals surface area contributed by atoms with E-state index in [9.17, 15) is 21.0 Å². The topological polar surface area (TPSA) is 105 Å². The lowest BCUT2D eigenvalue weighted by Gasteiger charge is -2.21. The first-order chi connectivity index (χ1) is 23.5. The van der Waals surface area contributed by atoms with Gasteiger partial charge in [0.15, 0.2) is 0 Å². The molecule has 5 aromatic carbocycles. The Kier molecular flexibility index (Phi) is 6.67. The van der Waals surface area contributed by atoms with Gasteiger partial charge in [-0.05, 0) is 109 Å². The van der Waals surface area contributed by atoms with E-state index < -0.39 is 0 Å². The molecule has 0 N–H and O–H groups in total. The quantitative estimate of drug-likeness (QED) is 0.197. The molecule has 2 heterocycles. The molecule has 1 aliphatic rings. The predicted octanol–water partition coefficient (Wildman–Crippen LogP) is 9.35. The van der Waals surface area contributed by atoms with Gasteiger partial charge in [-0.15, -0.1) is 0 Å². The molecule has 48 heavy (non-hydrogen) atoms. The van der Waals surface area contributed by atoms with E-state index in [1.54, 1.807) is 0 Å². The van der Waals surface area contributed by atoms with Crippen LogP contribution in [0.2, 0.25) is 0 Å². The molecular weight excluding hydrogens is 589 g/mol. The van der Waals surface area contributed by atoms with Crippen LogP contribution in [0.1, 0.15) is 58.3 Å². The van der Waals surface area contributed by atoms with Crippen LogP contribution in [0.3, 0.4) is 0 Å². The summed E-state index contributed by atoms with van der Waals surface area (Å²) in [6.45, 7) is 2.16. The van der Waals surface area contributed by atoms with E-state index in [4.69, 9.17) is 0 Å². The van der Waals surface area contributed by atoms with Gasteiger partial charge in [0.25, 0.3) is 0 Å². The van der Waals surface area contributed by atoms with Crippen LogP contribution >= 0.6 is 0 Å². The minimum atomic E-state index is 0.159. The molecule has 0 aliphatic heterocycles. The summed E-state index contributed by atoms with van der Waals surface area (Å²) in [5, 5.41) is 41.1. The molecule has 1 aliphatic carbocycles. The van der Waals surface area contributed by atoms with E-state index in [-0.39, 0.29) is 5.92 Å². The van der Waals surface area contributed by atoms with Crippen molar-refractivity contribution in [3.63, 3.8) is 0 Å². The number of fused-ring (bicyclic) bond motifs is 6. The molecule has 0 saturated heterocycles. The molecule has 0 fully saturated rings. The number of nitriles is 4. The second kappa shape index (κ2) is 11.2. The highest BCUT2D eigenvalue weighted by molar-refractivity contribution is 6.10. The number of aromatic nitrogens is 2. The Bertz CT molecular complexity index is 2580. The van der Waals surface area contributed by atoms with Crippen LogP contribution in [-0.4, -0.2) is 9.13 Å². The SMILES string of the molecule is CC1CC(C#N)=Cc2c1n(-c1ccc(Cc3ccc(-n4c5ccc(C#N)cc5c5cc(C#N)ccc54)cc3)cc1)c1ccc(C#N)cc21. The first-order valence-corrected chi connectivity index (χ1v) is 15.8. The standard InChI is InChI=1S/C42H26N6/c1-26-16-32(25-46)21-38-37-20-31(24-45)8-15-41(37)48(42(26)38)34-11-4-28(5-12-34)17-27-2-9-33(10-3-27)47-39-13-6-29(22-43)18-35(39)36-19-30(23-44)7-14-40(36)47/h2-15,18-21,26H,16-17H2,1H3. The Morgan fingerprint density at radius 1 is 0.562 bits per heavy atom. The molecule has 8 rings (SSSR count). The third-order valence-corrected chi connectivity index (χ3v) is 9.45. The van der Waals surface area contributed by atoms with Crippen LogP contribution in [0.15, 0.2) is 109 Å². The van der Waals surface area contributed by atoms with Gasteiger partial charge in [0.05, 0.1) is 57.5 Å². The van der Waals surface area contributed by atoms with Gasteiger partial charge < -0.3 is 9.13 Å². The average molecular weight is 615 g/mol. The lowest BCUT2D eigenvalue weighted by molar-refractivity contribution is 0.710. The van der Waals surface area contributed by atoms with Gasteiger partial charge in [0, 0.05) is 50.3 Å². The smallest absolute Gasteiger partial charge is 0.0991 e. The summed E-state index contributed by atoms with van der Waals surface area (Å²) < 4.78 is 4.47. The minimum Gasteiger partial charge on any atom is -0.313 e. The fourth-order valence-electron chi connectivity index (χ4n) is 7.26. The second-order valence-corrected chi connectivity index (χ2v) is 12.4. The van der Waals surface area contributed by atoms with E-state index in [0.717, 1.165) is 61.6 Å². The molecule has 7 aromatic rings. The Labute approximate surface area is 277 Å². The van der Waals surface area contributed by atoms with E-state index in [1.807, 2.05) is 60.7 Å². The fraction of sp³-hybridized carbons (Fsp3) is 0.0952. The highest BCUT2D eigenvalue weighted by Crippen LogP contribution is 2.41. The first kappa shape index (κ1) is 28.6. The zero-order chi connectivity index (χ0) is 32.9. The van der Waals surface area contributed by atoms with Gasteiger partial charge in [0.2, 0.25) is 0 Å². The van der Waals surface area contributed by atoms with Crippen LogP contribution in [-0.2, 0) is 6.42 Å². The van der Waals surface area contributed by atoms with Crippen LogP contribution in [0, 0.1) is 45.3 Å². The van der Waals surface area contributed by atoms with Crippen molar-refractivity contribution in [1.29, 1.82) is 21.0 Å². The van der Waals surface area contributed by atoms with Gasteiger partial charge >= 0.3 is 0 Å². The lowest BCUT2D eigenvalue weighted by Crippen LogP contribution is -2.09. The maximum Gasteiger partial charge on any atom is 0.0991 e. The number of nitrogens with zero attached hydrogens (tertiary/aromatic N) is 6. The highest BCUT2D eigenvalue weighted by Gasteiger charge is 2.26. The summed E-state index contributed by atoms with van der Waals surface area (Å²) >= 11 is 0. The molecular formula is C42H26N6. The van der Waals surface area contributed by atoms with Crippen molar-refractivity contribution in [3.05, 3.63) is 148 Å². The summed E-state index contributed by atoms with van der Waals surface area (Å²) in [4.78, 5) is 0. The Morgan fingerprint density at radius 3 is 1.50 bits per heavy atom. The van der Waals surface area contributed by atoms with Crippen molar-refractivity contribution in [2.75, 3.05) is 0 Å². The first-order valence-electron chi connectivity index (χ1n) is 15.8. The summed E-state index contributed by atoms with van der Waals surface area (Å²) in [6, 6.07) is 43.5. The van der Waals surface area contributed by atoms with Gasteiger partial charge in [0.1, 0.15) is 0 Å². The Morgan fingerprint density at radius 2 is 1.02 bits per heavy atom. The normalized spacial score (nSPS) is 13.8. The van der Waals surface area contributed by atoms with Crippen molar-refractivity contribution in [2.45, 2.75) is 25.7 Å². The van der Waals surface area contributed by atoms with Gasteiger partial charge in [-0.3, -0.25) is 0 Å². The molecule has 2 aromatic heterocycles.